The fourth-order valence-electron chi connectivity index (χ4n) is 3.67. The van der Waals surface area contributed by atoms with Crippen LogP contribution in [0.3, 0.4) is 0 Å². The molecule has 3 nitrogen and oxygen atoms in total. The van der Waals surface area contributed by atoms with Crippen LogP contribution in [0.25, 0.3) is 0 Å². The lowest BCUT2D eigenvalue weighted by molar-refractivity contribution is -0.143. The third-order valence-corrected chi connectivity index (χ3v) is 4.97. The Bertz CT molecular complexity index is 600. The number of carbonyl (C=O) groups is 1. The van der Waals surface area contributed by atoms with Gasteiger partial charge in [-0.25, -0.2) is 0 Å². The van der Waals surface area contributed by atoms with Crippen molar-refractivity contribution in [2.24, 2.45) is 5.92 Å². The number of hydrogen-bond donors (Lipinski definition) is 1. The van der Waals surface area contributed by atoms with E-state index in [1.165, 1.54) is 11.1 Å². The van der Waals surface area contributed by atoms with Crippen LogP contribution in [0.5, 0.6) is 0 Å². The van der Waals surface area contributed by atoms with Crippen LogP contribution in [0, 0.1) is 5.92 Å². The van der Waals surface area contributed by atoms with E-state index in [-0.39, 0.29) is 5.92 Å². The number of aliphatic carboxylic acids is 1. The van der Waals surface area contributed by atoms with E-state index in [9.17, 15) is 9.90 Å². The van der Waals surface area contributed by atoms with Gasteiger partial charge in [0.25, 0.3) is 0 Å². The van der Waals surface area contributed by atoms with E-state index in [0.717, 1.165) is 38.8 Å². The van der Waals surface area contributed by atoms with Crippen LogP contribution in [0.15, 0.2) is 60.7 Å². The van der Waals surface area contributed by atoms with Gasteiger partial charge in [0.2, 0.25) is 0 Å². The first-order valence-corrected chi connectivity index (χ1v) is 8.77. The average Bonchev–Trinajstić information content (AvgIpc) is 2.63. The van der Waals surface area contributed by atoms with Gasteiger partial charge in [-0.15, -0.1) is 0 Å². The van der Waals surface area contributed by atoms with Crippen molar-refractivity contribution in [3.05, 3.63) is 71.8 Å². The zero-order chi connectivity index (χ0) is 16.8. The first-order valence-electron chi connectivity index (χ1n) is 8.77. The highest BCUT2D eigenvalue weighted by molar-refractivity contribution is 5.70. The third kappa shape index (κ3) is 4.45. The number of nitrogens with zero attached hydrogens (tertiary/aromatic N) is 1. The van der Waals surface area contributed by atoms with Crippen molar-refractivity contribution in [1.82, 2.24) is 4.90 Å². The maximum atomic E-state index is 11.4. The van der Waals surface area contributed by atoms with Gasteiger partial charge in [0.1, 0.15) is 0 Å². The summed E-state index contributed by atoms with van der Waals surface area (Å²) in [6, 6.07) is 21.3. The highest BCUT2D eigenvalue weighted by atomic mass is 16.4. The quantitative estimate of drug-likeness (QED) is 0.860. The minimum absolute atomic E-state index is 0.196. The molecule has 1 N–H and O–H groups in total. The molecule has 0 saturated heterocycles. The fourth-order valence-corrected chi connectivity index (χ4v) is 3.67. The van der Waals surface area contributed by atoms with Gasteiger partial charge in [-0.2, -0.15) is 0 Å². The molecule has 0 bridgehead atoms. The predicted octanol–water partition coefficient (Wildman–Crippen LogP) is 4.33. The molecule has 2 atom stereocenters. The van der Waals surface area contributed by atoms with Crippen LogP contribution in [0.4, 0.5) is 0 Å². The Morgan fingerprint density at radius 1 is 0.917 bits per heavy atom. The molecule has 2 aromatic carbocycles. The van der Waals surface area contributed by atoms with E-state index in [0.29, 0.717) is 6.04 Å². The van der Waals surface area contributed by atoms with Gasteiger partial charge in [0.05, 0.1) is 5.92 Å². The summed E-state index contributed by atoms with van der Waals surface area (Å²) in [6.45, 7) is 1.74. The van der Waals surface area contributed by atoms with Gasteiger partial charge in [-0.05, 0) is 30.4 Å². The zero-order valence-corrected chi connectivity index (χ0v) is 14.0. The molecule has 0 heterocycles. The Hall–Kier alpha value is -2.13. The number of carboxylic acid groups (broad SMARTS) is 1. The van der Waals surface area contributed by atoms with E-state index in [2.05, 4.69) is 53.4 Å². The fraction of sp³-hybridized carbons (Fsp3) is 0.381. The van der Waals surface area contributed by atoms with Crippen molar-refractivity contribution in [1.29, 1.82) is 0 Å². The average molecular weight is 323 g/mol. The molecule has 1 saturated carbocycles. The lowest BCUT2D eigenvalue weighted by atomic mass is 9.84. The van der Waals surface area contributed by atoms with Crippen LogP contribution < -0.4 is 0 Å². The lowest BCUT2D eigenvalue weighted by Crippen LogP contribution is -2.39. The van der Waals surface area contributed by atoms with E-state index in [1.807, 2.05) is 12.1 Å². The molecule has 0 unspecified atom stereocenters. The van der Waals surface area contributed by atoms with E-state index < -0.39 is 5.97 Å². The molecule has 1 aliphatic carbocycles. The molecule has 3 heteroatoms. The Balaban J connectivity index is 1.77. The van der Waals surface area contributed by atoms with Crippen LogP contribution in [-0.2, 0) is 17.9 Å². The Labute approximate surface area is 143 Å². The van der Waals surface area contributed by atoms with E-state index >= 15 is 0 Å². The minimum atomic E-state index is -0.640. The maximum absolute atomic E-state index is 11.4. The summed E-state index contributed by atoms with van der Waals surface area (Å²) in [5.41, 5.74) is 2.57. The number of benzene rings is 2. The summed E-state index contributed by atoms with van der Waals surface area (Å²) in [5, 5.41) is 9.40. The van der Waals surface area contributed by atoms with Crippen molar-refractivity contribution in [2.75, 3.05) is 0 Å². The number of carboxylic acids is 1. The van der Waals surface area contributed by atoms with Crippen molar-refractivity contribution in [3.8, 4) is 0 Å². The molecular weight excluding hydrogens is 298 g/mol. The van der Waals surface area contributed by atoms with E-state index in [4.69, 9.17) is 0 Å². The Kier molecular flexibility index (Phi) is 5.65. The summed E-state index contributed by atoms with van der Waals surface area (Å²) in [5.74, 6) is -0.836. The zero-order valence-electron chi connectivity index (χ0n) is 14.0. The van der Waals surface area contributed by atoms with Gasteiger partial charge in [0, 0.05) is 19.1 Å². The standard InChI is InChI=1S/C21H25NO2/c23-21(24)19-12-7-13-20(14-19)22(15-17-8-3-1-4-9-17)16-18-10-5-2-6-11-18/h1-6,8-11,19-20H,7,12-16H2,(H,23,24)/t19-,20-/m1/s1. The first-order chi connectivity index (χ1) is 11.7. The monoisotopic (exact) mass is 323 g/mol. The highest BCUT2D eigenvalue weighted by Crippen LogP contribution is 2.30. The second-order valence-electron chi connectivity index (χ2n) is 6.73. The Morgan fingerprint density at radius 2 is 1.46 bits per heavy atom. The van der Waals surface area contributed by atoms with Gasteiger partial charge < -0.3 is 5.11 Å². The largest absolute Gasteiger partial charge is 0.481 e. The van der Waals surface area contributed by atoms with Crippen LogP contribution in [0.2, 0.25) is 0 Å². The molecule has 1 fully saturated rings. The van der Waals surface area contributed by atoms with Crippen LogP contribution in [0.1, 0.15) is 36.8 Å². The Morgan fingerprint density at radius 3 is 1.96 bits per heavy atom. The minimum Gasteiger partial charge on any atom is -0.481 e. The second-order valence-corrected chi connectivity index (χ2v) is 6.73. The molecule has 126 valence electrons. The summed E-state index contributed by atoms with van der Waals surface area (Å²) in [6.07, 6.45) is 3.66. The highest BCUT2D eigenvalue weighted by Gasteiger charge is 2.30. The van der Waals surface area contributed by atoms with Crippen molar-refractivity contribution >= 4 is 5.97 Å². The predicted molar refractivity (Wildman–Crippen MR) is 95.5 cm³/mol. The SMILES string of the molecule is O=C(O)[C@@H]1CCC[C@@H](N(Cc2ccccc2)Cc2ccccc2)C1. The maximum Gasteiger partial charge on any atom is 0.306 e. The summed E-state index contributed by atoms with van der Waals surface area (Å²) >= 11 is 0. The molecule has 0 aliphatic heterocycles. The number of rotatable bonds is 6. The normalized spacial score (nSPS) is 20.9. The first kappa shape index (κ1) is 16.7. The summed E-state index contributed by atoms with van der Waals surface area (Å²) in [7, 11) is 0. The second kappa shape index (κ2) is 8.11. The molecule has 0 aromatic heterocycles. The molecule has 1 aliphatic rings. The van der Waals surface area contributed by atoms with Gasteiger partial charge in [-0.3, -0.25) is 9.69 Å². The smallest absolute Gasteiger partial charge is 0.306 e. The molecule has 2 aromatic rings. The molecule has 0 amide bonds. The topological polar surface area (TPSA) is 40.5 Å². The summed E-state index contributed by atoms with van der Waals surface area (Å²) < 4.78 is 0. The molecular formula is C21H25NO2. The molecule has 0 spiro atoms. The summed E-state index contributed by atoms with van der Waals surface area (Å²) in [4.78, 5) is 13.9. The van der Waals surface area contributed by atoms with Gasteiger partial charge in [0.15, 0.2) is 0 Å². The van der Waals surface area contributed by atoms with Gasteiger partial charge >= 0.3 is 5.97 Å². The molecule has 3 rings (SSSR count). The van der Waals surface area contributed by atoms with Crippen molar-refractivity contribution in [3.63, 3.8) is 0 Å². The van der Waals surface area contributed by atoms with Crippen LogP contribution >= 0.6 is 0 Å². The van der Waals surface area contributed by atoms with Gasteiger partial charge in [-0.1, -0.05) is 67.1 Å². The number of hydrogen-bond acceptors (Lipinski definition) is 2. The molecule has 24 heavy (non-hydrogen) atoms. The van der Waals surface area contributed by atoms with Crippen LogP contribution in [-0.4, -0.2) is 22.0 Å². The lowest BCUT2D eigenvalue weighted by Gasteiger charge is -2.36. The molecule has 0 radical (unpaired) electrons. The van der Waals surface area contributed by atoms with Crippen molar-refractivity contribution in [2.45, 2.75) is 44.8 Å². The van der Waals surface area contributed by atoms with E-state index in [1.54, 1.807) is 0 Å². The third-order valence-electron chi connectivity index (χ3n) is 4.97. The van der Waals surface area contributed by atoms with Crippen molar-refractivity contribution < 1.29 is 9.90 Å².